The quantitative estimate of drug-likeness (QED) is 0.823. The maximum atomic E-state index is 6.25. The summed E-state index contributed by atoms with van der Waals surface area (Å²) in [5.74, 6) is 3.22. The SMILES string of the molecule is CCCc1nc(Cl)c(C)c(NC2CCCC(C)C2C)n1. The maximum Gasteiger partial charge on any atom is 0.137 e. The number of anilines is 1. The van der Waals surface area contributed by atoms with Crippen molar-refractivity contribution in [1.82, 2.24) is 9.97 Å². The van der Waals surface area contributed by atoms with Gasteiger partial charge in [-0.3, -0.25) is 0 Å². The number of rotatable bonds is 4. The van der Waals surface area contributed by atoms with Crippen LogP contribution in [0.25, 0.3) is 0 Å². The van der Waals surface area contributed by atoms with Crippen molar-refractivity contribution in [1.29, 1.82) is 0 Å². The molecule has 1 aliphatic carbocycles. The van der Waals surface area contributed by atoms with Crippen LogP contribution in [0.4, 0.5) is 5.82 Å². The first-order chi connectivity index (χ1) is 9.52. The van der Waals surface area contributed by atoms with Crippen LogP contribution in [0.1, 0.15) is 57.8 Å². The van der Waals surface area contributed by atoms with Gasteiger partial charge in [0.25, 0.3) is 0 Å². The highest BCUT2D eigenvalue weighted by Gasteiger charge is 2.27. The predicted molar refractivity (Wildman–Crippen MR) is 85.4 cm³/mol. The van der Waals surface area contributed by atoms with E-state index >= 15 is 0 Å². The number of nitrogens with zero attached hydrogens (tertiary/aromatic N) is 2. The summed E-state index contributed by atoms with van der Waals surface area (Å²) in [5, 5.41) is 4.22. The van der Waals surface area contributed by atoms with E-state index in [1.807, 2.05) is 6.92 Å². The lowest BCUT2D eigenvalue weighted by molar-refractivity contribution is 0.252. The second kappa shape index (κ2) is 6.75. The van der Waals surface area contributed by atoms with Gasteiger partial charge in [0.15, 0.2) is 0 Å². The lowest BCUT2D eigenvalue weighted by atomic mass is 9.78. The minimum atomic E-state index is 0.498. The molecule has 0 spiro atoms. The molecule has 1 aromatic heterocycles. The van der Waals surface area contributed by atoms with Crippen LogP contribution in [-0.4, -0.2) is 16.0 Å². The summed E-state index contributed by atoms with van der Waals surface area (Å²) in [7, 11) is 0. The predicted octanol–water partition coefficient (Wildman–Crippen LogP) is 4.63. The first kappa shape index (κ1) is 15.6. The average molecular weight is 296 g/mol. The van der Waals surface area contributed by atoms with Gasteiger partial charge in [-0.1, -0.05) is 45.2 Å². The first-order valence-electron chi connectivity index (χ1n) is 7.82. The largest absolute Gasteiger partial charge is 0.367 e. The first-order valence-corrected chi connectivity index (χ1v) is 8.20. The lowest BCUT2D eigenvalue weighted by Gasteiger charge is -2.35. The Bertz CT molecular complexity index is 461. The summed E-state index contributed by atoms with van der Waals surface area (Å²) >= 11 is 6.25. The molecular weight excluding hydrogens is 270 g/mol. The smallest absolute Gasteiger partial charge is 0.137 e. The molecule has 0 aliphatic heterocycles. The summed E-state index contributed by atoms with van der Waals surface area (Å²) in [6.45, 7) is 8.82. The number of nitrogens with one attached hydrogen (secondary N) is 1. The highest BCUT2D eigenvalue weighted by Crippen LogP contribution is 2.32. The van der Waals surface area contributed by atoms with E-state index in [0.29, 0.717) is 17.1 Å². The Hall–Kier alpha value is -0.830. The summed E-state index contributed by atoms with van der Waals surface area (Å²) in [6, 6.07) is 0.498. The van der Waals surface area contributed by atoms with Crippen molar-refractivity contribution in [3.63, 3.8) is 0 Å². The topological polar surface area (TPSA) is 37.8 Å². The average Bonchev–Trinajstić information content (AvgIpc) is 2.41. The second-order valence-corrected chi connectivity index (χ2v) is 6.53. The van der Waals surface area contributed by atoms with Gasteiger partial charge in [-0.05, 0) is 31.6 Å². The van der Waals surface area contributed by atoms with E-state index < -0.39 is 0 Å². The van der Waals surface area contributed by atoms with Crippen molar-refractivity contribution in [3.05, 3.63) is 16.5 Å². The molecule has 3 unspecified atom stereocenters. The Morgan fingerprint density at radius 2 is 2.00 bits per heavy atom. The van der Waals surface area contributed by atoms with Crippen LogP contribution in [0.3, 0.4) is 0 Å². The van der Waals surface area contributed by atoms with Crippen LogP contribution < -0.4 is 5.32 Å². The minimum absolute atomic E-state index is 0.498. The van der Waals surface area contributed by atoms with Crippen LogP contribution in [-0.2, 0) is 6.42 Å². The molecule has 1 saturated carbocycles. The molecule has 0 aromatic carbocycles. The fraction of sp³-hybridized carbons (Fsp3) is 0.750. The zero-order valence-corrected chi connectivity index (χ0v) is 13.8. The molecule has 1 N–H and O–H groups in total. The van der Waals surface area contributed by atoms with Crippen molar-refractivity contribution in [2.45, 2.75) is 65.8 Å². The fourth-order valence-corrected chi connectivity index (χ4v) is 3.16. The van der Waals surface area contributed by atoms with Gasteiger partial charge in [0.05, 0.1) is 0 Å². The maximum absolute atomic E-state index is 6.25. The molecule has 4 heteroatoms. The normalized spacial score (nSPS) is 26.6. The van der Waals surface area contributed by atoms with E-state index in [1.54, 1.807) is 0 Å². The van der Waals surface area contributed by atoms with E-state index in [1.165, 1.54) is 19.3 Å². The summed E-state index contributed by atoms with van der Waals surface area (Å²) in [5.41, 5.74) is 0.969. The molecule has 0 saturated heterocycles. The summed E-state index contributed by atoms with van der Waals surface area (Å²) < 4.78 is 0. The standard InChI is InChI=1S/C16H26ClN3/c1-5-7-14-19-15(17)12(4)16(20-14)18-13-9-6-8-10(2)11(13)3/h10-11,13H,5-9H2,1-4H3,(H,18,19,20). The molecule has 3 atom stereocenters. The number of hydrogen-bond donors (Lipinski definition) is 1. The van der Waals surface area contributed by atoms with E-state index in [4.69, 9.17) is 11.6 Å². The van der Waals surface area contributed by atoms with E-state index in [-0.39, 0.29) is 0 Å². The molecule has 2 rings (SSSR count). The third kappa shape index (κ3) is 3.43. The van der Waals surface area contributed by atoms with Crippen molar-refractivity contribution in [2.24, 2.45) is 11.8 Å². The Morgan fingerprint density at radius 3 is 2.70 bits per heavy atom. The Balaban J connectivity index is 2.19. The highest BCUT2D eigenvalue weighted by atomic mass is 35.5. The molecular formula is C16H26ClN3. The lowest BCUT2D eigenvalue weighted by Crippen LogP contribution is -2.35. The van der Waals surface area contributed by atoms with Gasteiger partial charge in [-0.15, -0.1) is 0 Å². The van der Waals surface area contributed by atoms with Crippen molar-refractivity contribution in [3.8, 4) is 0 Å². The van der Waals surface area contributed by atoms with Gasteiger partial charge in [0, 0.05) is 18.0 Å². The van der Waals surface area contributed by atoms with Crippen LogP contribution in [0, 0.1) is 18.8 Å². The third-order valence-electron chi connectivity index (χ3n) is 4.64. The molecule has 3 nitrogen and oxygen atoms in total. The van der Waals surface area contributed by atoms with E-state index in [0.717, 1.165) is 36.0 Å². The van der Waals surface area contributed by atoms with E-state index in [9.17, 15) is 0 Å². The molecule has 1 fully saturated rings. The summed E-state index contributed by atoms with van der Waals surface area (Å²) in [4.78, 5) is 9.03. The van der Waals surface area contributed by atoms with Gasteiger partial charge < -0.3 is 5.32 Å². The van der Waals surface area contributed by atoms with Crippen molar-refractivity contribution in [2.75, 3.05) is 5.32 Å². The van der Waals surface area contributed by atoms with Crippen molar-refractivity contribution >= 4 is 17.4 Å². The zero-order valence-electron chi connectivity index (χ0n) is 13.0. The molecule has 112 valence electrons. The Morgan fingerprint density at radius 1 is 1.25 bits per heavy atom. The number of hydrogen-bond acceptors (Lipinski definition) is 3. The molecule has 0 amide bonds. The number of aromatic nitrogens is 2. The monoisotopic (exact) mass is 295 g/mol. The van der Waals surface area contributed by atoms with Gasteiger partial charge in [-0.2, -0.15) is 0 Å². The second-order valence-electron chi connectivity index (χ2n) is 6.17. The van der Waals surface area contributed by atoms with Crippen LogP contribution in [0.15, 0.2) is 0 Å². The highest BCUT2D eigenvalue weighted by molar-refractivity contribution is 6.30. The van der Waals surface area contributed by atoms with Crippen LogP contribution in [0.5, 0.6) is 0 Å². The van der Waals surface area contributed by atoms with Gasteiger partial charge in [0.2, 0.25) is 0 Å². The number of aryl methyl sites for hydroxylation is 1. The molecule has 20 heavy (non-hydrogen) atoms. The van der Waals surface area contributed by atoms with Gasteiger partial charge in [-0.25, -0.2) is 9.97 Å². The van der Waals surface area contributed by atoms with Gasteiger partial charge in [0.1, 0.15) is 16.8 Å². The molecule has 1 aromatic rings. The molecule has 1 aliphatic rings. The Labute approximate surface area is 127 Å². The summed E-state index contributed by atoms with van der Waals surface area (Å²) in [6.07, 6.45) is 5.77. The van der Waals surface area contributed by atoms with Crippen LogP contribution in [0.2, 0.25) is 5.15 Å². The molecule has 1 heterocycles. The zero-order chi connectivity index (χ0) is 14.7. The third-order valence-corrected chi connectivity index (χ3v) is 5.00. The number of halogens is 1. The van der Waals surface area contributed by atoms with E-state index in [2.05, 4.69) is 36.1 Å². The van der Waals surface area contributed by atoms with Crippen LogP contribution >= 0.6 is 11.6 Å². The minimum Gasteiger partial charge on any atom is -0.367 e. The fourth-order valence-electron chi connectivity index (χ4n) is 2.97. The Kier molecular flexibility index (Phi) is 5.25. The van der Waals surface area contributed by atoms with Crippen molar-refractivity contribution < 1.29 is 0 Å². The van der Waals surface area contributed by atoms with Gasteiger partial charge >= 0.3 is 0 Å². The molecule has 0 radical (unpaired) electrons. The molecule has 0 bridgehead atoms.